The Morgan fingerprint density at radius 2 is 1.70 bits per heavy atom. The molecule has 0 aliphatic heterocycles. The first-order chi connectivity index (χ1) is 9.35. The topological polar surface area (TPSA) is 49.2 Å². The maximum Gasteiger partial charge on any atom is 0.573 e. The zero-order chi connectivity index (χ0) is 14.8. The summed E-state index contributed by atoms with van der Waals surface area (Å²) in [6.45, 7) is 3.81. The van der Waals surface area contributed by atoms with Crippen LogP contribution < -0.4 is 9.47 Å². The lowest BCUT2D eigenvalue weighted by Crippen LogP contribution is -2.16. The van der Waals surface area contributed by atoms with Crippen molar-refractivity contribution in [2.24, 2.45) is 0 Å². The number of benzene rings is 1. The van der Waals surface area contributed by atoms with Gasteiger partial charge in [-0.25, -0.2) is 4.68 Å². The molecule has 0 fully saturated rings. The number of nitrogens with zero attached hydrogens (tertiary/aromatic N) is 3. The third kappa shape index (κ3) is 3.62. The summed E-state index contributed by atoms with van der Waals surface area (Å²) in [5.41, 5.74) is 0. The molecule has 5 nitrogen and oxygen atoms in total. The summed E-state index contributed by atoms with van der Waals surface area (Å²) in [6, 6.07) is 5.38. The SMILES string of the molecule is CC(C)n1ncnc1Oc1ccc(OC(F)(F)F)cc1. The fourth-order valence-corrected chi connectivity index (χ4v) is 1.48. The van der Waals surface area contributed by atoms with Crippen molar-refractivity contribution in [2.75, 3.05) is 0 Å². The van der Waals surface area contributed by atoms with E-state index in [0.29, 0.717) is 5.75 Å². The minimum Gasteiger partial charge on any atom is -0.424 e. The molecule has 0 N–H and O–H groups in total. The van der Waals surface area contributed by atoms with Gasteiger partial charge in [-0.3, -0.25) is 0 Å². The molecule has 8 heteroatoms. The molecule has 1 aromatic carbocycles. The highest BCUT2D eigenvalue weighted by Crippen LogP contribution is 2.27. The summed E-state index contributed by atoms with van der Waals surface area (Å²) in [4.78, 5) is 3.93. The van der Waals surface area contributed by atoms with Crippen molar-refractivity contribution in [2.45, 2.75) is 26.3 Å². The van der Waals surface area contributed by atoms with Gasteiger partial charge in [-0.15, -0.1) is 13.2 Å². The molecule has 0 atom stereocenters. The molecule has 0 aliphatic carbocycles. The molecule has 2 rings (SSSR count). The van der Waals surface area contributed by atoms with E-state index in [2.05, 4.69) is 14.8 Å². The van der Waals surface area contributed by atoms with Crippen molar-refractivity contribution in [3.8, 4) is 17.5 Å². The number of aromatic nitrogens is 3. The maximum absolute atomic E-state index is 12.0. The van der Waals surface area contributed by atoms with E-state index in [4.69, 9.17) is 4.74 Å². The molecular formula is C12H12F3N3O2. The Hall–Kier alpha value is -2.25. The number of ether oxygens (including phenoxy) is 2. The first-order valence-electron chi connectivity index (χ1n) is 5.78. The van der Waals surface area contributed by atoms with E-state index in [1.807, 2.05) is 13.8 Å². The van der Waals surface area contributed by atoms with Crippen molar-refractivity contribution in [3.63, 3.8) is 0 Å². The minimum absolute atomic E-state index is 0.0559. The van der Waals surface area contributed by atoms with Crippen molar-refractivity contribution < 1.29 is 22.6 Å². The van der Waals surface area contributed by atoms with Crippen LogP contribution in [0.15, 0.2) is 30.6 Å². The van der Waals surface area contributed by atoms with Gasteiger partial charge in [-0.05, 0) is 38.1 Å². The molecule has 1 aromatic heterocycles. The summed E-state index contributed by atoms with van der Waals surface area (Å²) >= 11 is 0. The number of halogens is 3. The Balaban J connectivity index is 2.09. The number of rotatable bonds is 4. The molecule has 0 spiro atoms. The van der Waals surface area contributed by atoms with Crippen molar-refractivity contribution >= 4 is 0 Å². The van der Waals surface area contributed by atoms with Crippen LogP contribution in [0, 0.1) is 0 Å². The Morgan fingerprint density at radius 1 is 1.10 bits per heavy atom. The standard InChI is InChI=1S/C12H12F3N3O2/c1-8(2)18-11(16-7-17-18)19-9-3-5-10(6-4-9)20-12(13,14)15/h3-8H,1-2H3. The fourth-order valence-electron chi connectivity index (χ4n) is 1.48. The molecule has 0 radical (unpaired) electrons. The van der Waals surface area contributed by atoms with E-state index in [-0.39, 0.29) is 17.8 Å². The van der Waals surface area contributed by atoms with Gasteiger partial charge in [0.1, 0.15) is 17.8 Å². The molecule has 0 unspecified atom stereocenters. The van der Waals surface area contributed by atoms with Crippen LogP contribution in [0.2, 0.25) is 0 Å². The molecule has 0 aliphatic rings. The van der Waals surface area contributed by atoms with Crippen molar-refractivity contribution in [1.82, 2.24) is 14.8 Å². The van der Waals surface area contributed by atoms with Crippen LogP contribution in [-0.2, 0) is 0 Å². The van der Waals surface area contributed by atoms with Gasteiger partial charge in [-0.1, -0.05) is 0 Å². The van der Waals surface area contributed by atoms with Crippen LogP contribution in [0.25, 0.3) is 0 Å². The van der Waals surface area contributed by atoms with Gasteiger partial charge in [0.05, 0.1) is 6.04 Å². The second-order valence-electron chi connectivity index (χ2n) is 4.20. The zero-order valence-electron chi connectivity index (χ0n) is 10.8. The van der Waals surface area contributed by atoms with Crippen LogP contribution in [0.4, 0.5) is 13.2 Å². The summed E-state index contributed by atoms with van der Waals surface area (Å²) in [6.07, 6.45) is -3.36. The zero-order valence-corrected chi connectivity index (χ0v) is 10.8. The largest absolute Gasteiger partial charge is 0.573 e. The van der Waals surface area contributed by atoms with Crippen LogP contribution in [0.1, 0.15) is 19.9 Å². The molecule has 0 saturated heterocycles. The maximum atomic E-state index is 12.0. The number of hydrogen-bond acceptors (Lipinski definition) is 4. The quantitative estimate of drug-likeness (QED) is 0.862. The van der Waals surface area contributed by atoms with Crippen LogP contribution in [0.5, 0.6) is 17.5 Å². The third-order valence-corrected chi connectivity index (χ3v) is 2.30. The lowest BCUT2D eigenvalue weighted by Gasteiger charge is -2.11. The molecular weight excluding hydrogens is 275 g/mol. The van der Waals surface area contributed by atoms with Crippen LogP contribution in [-0.4, -0.2) is 21.1 Å². The predicted molar refractivity (Wildman–Crippen MR) is 63.6 cm³/mol. The Labute approximate surface area is 112 Å². The van der Waals surface area contributed by atoms with Gasteiger partial charge in [-0.2, -0.15) is 10.1 Å². The molecule has 20 heavy (non-hydrogen) atoms. The van der Waals surface area contributed by atoms with E-state index in [1.165, 1.54) is 30.6 Å². The summed E-state index contributed by atoms with van der Waals surface area (Å²) in [5.74, 6) is 0.0320. The van der Waals surface area contributed by atoms with Gasteiger partial charge < -0.3 is 9.47 Å². The molecule has 2 aromatic rings. The lowest BCUT2D eigenvalue weighted by molar-refractivity contribution is -0.274. The monoisotopic (exact) mass is 287 g/mol. The first kappa shape index (κ1) is 14.2. The van der Waals surface area contributed by atoms with E-state index >= 15 is 0 Å². The number of alkyl halides is 3. The summed E-state index contributed by atoms with van der Waals surface area (Å²) in [5, 5.41) is 3.98. The van der Waals surface area contributed by atoms with E-state index in [0.717, 1.165) is 0 Å². The summed E-state index contributed by atoms with van der Waals surface area (Å²) < 4.78 is 46.8. The van der Waals surface area contributed by atoms with Gasteiger partial charge in [0.2, 0.25) is 0 Å². The molecule has 1 heterocycles. The second-order valence-corrected chi connectivity index (χ2v) is 4.20. The van der Waals surface area contributed by atoms with Gasteiger partial charge in [0.25, 0.3) is 0 Å². The average Bonchev–Trinajstić information content (AvgIpc) is 2.78. The van der Waals surface area contributed by atoms with Crippen molar-refractivity contribution in [1.29, 1.82) is 0 Å². The van der Waals surface area contributed by atoms with Crippen LogP contribution in [0.3, 0.4) is 0 Å². The third-order valence-electron chi connectivity index (χ3n) is 2.30. The van der Waals surface area contributed by atoms with E-state index < -0.39 is 6.36 Å². The van der Waals surface area contributed by atoms with Crippen LogP contribution >= 0.6 is 0 Å². The normalized spacial score (nSPS) is 11.7. The summed E-state index contributed by atoms with van der Waals surface area (Å²) in [7, 11) is 0. The van der Waals surface area contributed by atoms with Gasteiger partial charge >= 0.3 is 12.4 Å². The fraction of sp³-hybridized carbons (Fsp3) is 0.333. The molecule has 0 saturated carbocycles. The average molecular weight is 287 g/mol. The van der Waals surface area contributed by atoms with Gasteiger partial charge in [0.15, 0.2) is 0 Å². The minimum atomic E-state index is -4.71. The highest BCUT2D eigenvalue weighted by atomic mass is 19.4. The predicted octanol–water partition coefficient (Wildman–Crippen LogP) is 3.55. The molecule has 0 amide bonds. The van der Waals surface area contributed by atoms with Gasteiger partial charge in [0, 0.05) is 0 Å². The number of hydrogen-bond donors (Lipinski definition) is 0. The highest BCUT2D eigenvalue weighted by molar-refractivity contribution is 5.32. The Kier molecular flexibility index (Phi) is 3.82. The first-order valence-corrected chi connectivity index (χ1v) is 5.78. The van der Waals surface area contributed by atoms with Crippen molar-refractivity contribution in [3.05, 3.63) is 30.6 Å². The second kappa shape index (κ2) is 5.40. The lowest BCUT2D eigenvalue weighted by atomic mass is 10.3. The smallest absolute Gasteiger partial charge is 0.424 e. The Bertz CT molecular complexity index is 564. The van der Waals surface area contributed by atoms with E-state index in [1.54, 1.807) is 4.68 Å². The Morgan fingerprint density at radius 3 is 2.25 bits per heavy atom. The van der Waals surface area contributed by atoms with E-state index in [9.17, 15) is 13.2 Å². The molecule has 0 bridgehead atoms. The molecule has 108 valence electrons. The highest BCUT2D eigenvalue weighted by Gasteiger charge is 2.31.